The van der Waals surface area contributed by atoms with Crippen molar-refractivity contribution >= 4 is 31.2 Å². The molecule has 0 amide bonds. The molecular weight excluding hydrogens is 372 g/mol. The van der Waals surface area contributed by atoms with Crippen LogP contribution in [0, 0.1) is 0 Å². The summed E-state index contributed by atoms with van der Waals surface area (Å²) in [4.78, 5) is 2.23. The fraction of sp³-hybridized carbons (Fsp3) is 0.333. The van der Waals surface area contributed by atoms with Gasteiger partial charge in [0.05, 0.1) is 21.2 Å². The summed E-state index contributed by atoms with van der Waals surface area (Å²) in [7, 11) is -5.25. The molecule has 1 aliphatic rings. The predicted octanol–water partition coefficient (Wildman–Crippen LogP) is 2.51. The third-order valence-electron chi connectivity index (χ3n) is 4.62. The molecule has 0 saturated carbocycles. The van der Waals surface area contributed by atoms with Crippen molar-refractivity contribution in [3.63, 3.8) is 0 Å². The van der Waals surface area contributed by atoms with E-state index in [4.69, 9.17) is 0 Å². The molecule has 26 heavy (non-hydrogen) atoms. The quantitative estimate of drug-likeness (QED) is 0.800. The molecule has 2 aromatic rings. The predicted molar refractivity (Wildman–Crippen MR) is 103 cm³/mol. The van der Waals surface area contributed by atoms with E-state index in [1.54, 1.807) is 6.07 Å². The third-order valence-corrected chi connectivity index (χ3v) is 7.69. The minimum absolute atomic E-state index is 0.0797. The molecule has 0 spiro atoms. The van der Waals surface area contributed by atoms with E-state index >= 15 is 0 Å². The number of sulfone groups is 1. The molecule has 1 atom stereocenters. The monoisotopic (exact) mass is 394 g/mol. The van der Waals surface area contributed by atoms with Crippen molar-refractivity contribution in [3.05, 3.63) is 48.5 Å². The van der Waals surface area contributed by atoms with Crippen LogP contribution in [-0.4, -0.2) is 42.7 Å². The first kappa shape index (κ1) is 18.7. The van der Waals surface area contributed by atoms with Gasteiger partial charge in [-0.2, -0.15) is 0 Å². The number of hydrogen-bond acceptors (Lipinski definition) is 5. The largest absolute Gasteiger partial charge is 0.373 e. The van der Waals surface area contributed by atoms with E-state index in [2.05, 4.69) is 0 Å². The molecule has 0 bridgehead atoms. The lowest BCUT2D eigenvalue weighted by atomic mass is 10.2. The number of sulfonamides is 1. The smallest absolute Gasteiger partial charge is 0.264 e. The van der Waals surface area contributed by atoms with Crippen LogP contribution >= 0.6 is 0 Å². The molecule has 3 rings (SSSR count). The van der Waals surface area contributed by atoms with Crippen molar-refractivity contribution in [3.8, 4) is 0 Å². The van der Waals surface area contributed by atoms with Gasteiger partial charge in [-0.25, -0.2) is 16.8 Å². The van der Waals surface area contributed by atoms with Gasteiger partial charge in [0.2, 0.25) is 0 Å². The van der Waals surface area contributed by atoms with Gasteiger partial charge in [0, 0.05) is 25.9 Å². The molecule has 0 fully saturated rings. The van der Waals surface area contributed by atoms with Crippen molar-refractivity contribution < 1.29 is 16.8 Å². The zero-order valence-corrected chi connectivity index (χ0v) is 16.6. The van der Waals surface area contributed by atoms with Crippen LogP contribution in [-0.2, 0) is 19.9 Å². The van der Waals surface area contributed by atoms with E-state index in [1.165, 1.54) is 28.6 Å². The van der Waals surface area contributed by atoms with E-state index in [0.29, 0.717) is 12.1 Å². The van der Waals surface area contributed by atoms with Gasteiger partial charge in [-0.05, 0) is 49.7 Å². The zero-order chi connectivity index (χ0) is 19.1. The maximum atomic E-state index is 13.3. The van der Waals surface area contributed by atoms with Gasteiger partial charge >= 0.3 is 0 Å². The van der Waals surface area contributed by atoms with Gasteiger partial charge in [-0.15, -0.1) is 0 Å². The van der Waals surface area contributed by atoms with Crippen LogP contribution < -0.4 is 9.21 Å². The van der Waals surface area contributed by atoms with E-state index in [-0.39, 0.29) is 15.8 Å². The number of nitrogens with zero attached hydrogens (tertiary/aromatic N) is 2. The topological polar surface area (TPSA) is 74.8 Å². The second kappa shape index (κ2) is 6.59. The van der Waals surface area contributed by atoms with E-state index in [0.717, 1.165) is 18.5 Å². The highest BCUT2D eigenvalue weighted by atomic mass is 32.2. The van der Waals surface area contributed by atoms with Crippen LogP contribution in [0.3, 0.4) is 0 Å². The summed E-state index contributed by atoms with van der Waals surface area (Å²) >= 11 is 0. The minimum Gasteiger partial charge on any atom is -0.373 e. The maximum absolute atomic E-state index is 13.3. The highest BCUT2D eigenvalue weighted by molar-refractivity contribution is 7.93. The second-order valence-electron chi connectivity index (χ2n) is 6.59. The Kier molecular flexibility index (Phi) is 4.74. The molecule has 0 aromatic heterocycles. The van der Waals surface area contributed by atoms with Gasteiger partial charge in [-0.1, -0.05) is 12.1 Å². The molecule has 0 saturated heterocycles. The Morgan fingerprint density at radius 3 is 2.00 bits per heavy atom. The van der Waals surface area contributed by atoms with Crippen molar-refractivity contribution in [1.82, 2.24) is 0 Å². The van der Waals surface area contributed by atoms with Crippen molar-refractivity contribution in [1.29, 1.82) is 0 Å². The molecule has 8 heteroatoms. The summed E-state index contributed by atoms with van der Waals surface area (Å²) in [6.45, 7) is 2.63. The molecular formula is C18H22N2O4S2. The normalized spacial score (nSPS) is 18.3. The lowest BCUT2D eigenvalue weighted by Crippen LogP contribution is -2.38. The van der Waals surface area contributed by atoms with Gasteiger partial charge in [0.15, 0.2) is 9.84 Å². The fourth-order valence-corrected chi connectivity index (χ4v) is 5.50. The lowest BCUT2D eigenvalue weighted by molar-refractivity contribution is 0.574. The maximum Gasteiger partial charge on any atom is 0.264 e. The second-order valence-corrected chi connectivity index (χ2v) is 10.4. The van der Waals surface area contributed by atoms with Gasteiger partial charge in [0.25, 0.3) is 10.0 Å². The van der Waals surface area contributed by atoms with Crippen molar-refractivity contribution in [2.75, 3.05) is 29.1 Å². The van der Waals surface area contributed by atoms with E-state index in [9.17, 15) is 16.8 Å². The summed E-state index contributed by atoms with van der Waals surface area (Å²) in [5.41, 5.74) is 1.49. The Morgan fingerprint density at radius 1 is 0.885 bits per heavy atom. The molecule has 0 unspecified atom stereocenters. The lowest BCUT2D eigenvalue weighted by Gasteiger charge is -2.29. The summed E-state index contributed by atoms with van der Waals surface area (Å²) < 4.78 is 51.4. The fourth-order valence-electron chi connectivity index (χ4n) is 3.17. The number of anilines is 2. The number of fused-ring (bicyclic) bond motifs is 1. The average Bonchev–Trinajstić information content (AvgIpc) is 2.71. The summed E-state index contributed by atoms with van der Waals surface area (Å²) in [6, 6.07) is 12.6. The zero-order valence-electron chi connectivity index (χ0n) is 15.0. The van der Waals surface area contributed by atoms with Crippen LogP contribution in [0.4, 0.5) is 11.4 Å². The Balaban J connectivity index is 2.12. The van der Waals surface area contributed by atoms with Crippen LogP contribution in [0.2, 0.25) is 0 Å². The van der Waals surface area contributed by atoms with Crippen molar-refractivity contribution in [2.24, 2.45) is 0 Å². The van der Waals surface area contributed by atoms with Crippen LogP contribution in [0.15, 0.2) is 58.3 Å². The molecule has 0 aliphatic carbocycles. The molecule has 1 heterocycles. The Labute approximate surface area is 155 Å². The van der Waals surface area contributed by atoms with Crippen LogP contribution in [0.25, 0.3) is 0 Å². The van der Waals surface area contributed by atoms with Gasteiger partial charge < -0.3 is 4.90 Å². The SMILES string of the molecule is C[C@@H]1CCN(C)c2ccccc2N1S(=O)(=O)c1ccc(S(C)(=O)=O)cc1. The average molecular weight is 395 g/mol. The first-order valence-corrected chi connectivity index (χ1v) is 11.6. The first-order valence-electron chi connectivity index (χ1n) is 8.27. The van der Waals surface area contributed by atoms with Gasteiger partial charge in [-0.3, -0.25) is 4.31 Å². The molecule has 0 radical (unpaired) electrons. The van der Waals surface area contributed by atoms with Crippen molar-refractivity contribution in [2.45, 2.75) is 29.2 Å². The number of benzene rings is 2. The standard InChI is InChI=1S/C18H22N2O4S2/c1-14-12-13-19(2)17-6-4-5-7-18(17)20(14)26(23,24)16-10-8-15(9-11-16)25(3,21)22/h4-11,14H,12-13H2,1-3H3/t14-/m1/s1. The summed E-state index contributed by atoms with van der Waals surface area (Å²) in [5.74, 6) is 0. The number of para-hydroxylation sites is 2. The van der Waals surface area contributed by atoms with E-state index in [1.807, 2.05) is 37.1 Å². The summed E-state index contributed by atoms with van der Waals surface area (Å²) in [6.07, 6.45) is 1.78. The summed E-state index contributed by atoms with van der Waals surface area (Å²) in [5, 5.41) is 0. The molecule has 140 valence electrons. The number of rotatable bonds is 3. The van der Waals surface area contributed by atoms with E-state index < -0.39 is 19.9 Å². The first-order chi connectivity index (χ1) is 12.1. The van der Waals surface area contributed by atoms with Gasteiger partial charge in [0.1, 0.15) is 0 Å². The molecule has 0 N–H and O–H groups in total. The molecule has 6 nitrogen and oxygen atoms in total. The van der Waals surface area contributed by atoms with Crippen LogP contribution in [0.5, 0.6) is 0 Å². The Hall–Kier alpha value is -2.06. The van der Waals surface area contributed by atoms with Crippen LogP contribution in [0.1, 0.15) is 13.3 Å². The molecule has 2 aromatic carbocycles. The Morgan fingerprint density at radius 2 is 1.42 bits per heavy atom. The number of hydrogen-bond donors (Lipinski definition) is 0. The molecule has 1 aliphatic heterocycles. The minimum atomic E-state index is -3.82. The highest BCUT2D eigenvalue weighted by Gasteiger charge is 2.33. The highest BCUT2D eigenvalue weighted by Crippen LogP contribution is 2.37. The third kappa shape index (κ3) is 3.31. The Bertz CT molecular complexity index is 1020.